The molecule has 1 nitrogen and oxygen atoms in total. The van der Waals surface area contributed by atoms with Crippen molar-refractivity contribution in [3.63, 3.8) is 0 Å². The largest absolute Gasteiger partial charge is 0.310 e. The van der Waals surface area contributed by atoms with Crippen LogP contribution in [0.5, 0.6) is 0 Å². The molecule has 1 aliphatic carbocycles. The molecular formula is C12H25NS. The molecule has 1 fully saturated rings. The lowest BCUT2D eigenvalue weighted by molar-refractivity contribution is 0.433. The van der Waals surface area contributed by atoms with E-state index in [-0.39, 0.29) is 0 Å². The Morgan fingerprint density at radius 1 is 1.36 bits per heavy atom. The molecular weight excluding hydrogens is 190 g/mol. The van der Waals surface area contributed by atoms with Crippen molar-refractivity contribution in [3.8, 4) is 0 Å². The lowest BCUT2D eigenvalue weighted by atomic mass is 10.1. The highest BCUT2D eigenvalue weighted by molar-refractivity contribution is 7.99. The number of thioether (sulfide) groups is 1. The summed E-state index contributed by atoms with van der Waals surface area (Å²) in [6, 6.07) is 1.50. The Labute approximate surface area is 93.4 Å². The molecule has 0 aromatic heterocycles. The molecule has 0 radical (unpaired) electrons. The summed E-state index contributed by atoms with van der Waals surface area (Å²) in [5, 5.41) is 4.68. The van der Waals surface area contributed by atoms with Gasteiger partial charge in [0.25, 0.3) is 0 Å². The smallest absolute Gasteiger partial charge is 0.0201 e. The van der Waals surface area contributed by atoms with Gasteiger partial charge >= 0.3 is 0 Å². The number of hydrogen-bond donors (Lipinski definition) is 1. The standard InChI is InChI=1S/C12H25NS/c1-4-7-10(3)13-11-8-6-9-12(11)14-5-2/h10-13H,4-9H2,1-3H3. The molecule has 3 atom stereocenters. The summed E-state index contributed by atoms with van der Waals surface area (Å²) >= 11 is 2.14. The van der Waals surface area contributed by atoms with Crippen LogP contribution in [0.1, 0.15) is 52.9 Å². The molecule has 0 heterocycles. The predicted octanol–water partition coefficient (Wildman–Crippen LogP) is 3.44. The van der Waals surface area contributed by atoms with Crippen LogP contribution in [-0.4, -0.2) is 23.1 Å². The Morgan fingerprint density at radius 3 is 2.79 bits per heavy atom. The molecule has 0 saturated heterocycles. The first-order valence-corrected chi connectivity index (χ1v) is 7.20. The van der Waals surface area contributed by atoms with Crippen molar-refractivity contribution in [1.82, 2.24) is 5.32 Å². The summed E-state index contributed by atoms with van der Waals surface area (Å²) in [5.41, 5.74) is 0. The maximum Gasteiger partial charge on any atom is 0.0201 e. The van der Waals surface area contributed by atoms with Gasteiger partial charge in [-0.25, -0.2) is 0 Å². The second-order valence-corrected chi connectivity index (χ2v) is 5.90. The summed E-state index contributed by atoms with van der Waals surface area (Å²) < 4.78 is 0. The minimum absolute atomic E-state index is 0.711. The van der Waals surface area contributed by atoms with Gasteiger partial charge in [-0.1, -0.05) is 26.7 Å². The highest BCUT2D eigenvalue weighted by atomic mass is 32.2. The van der Waals surface area contributed by atoms with Gasteiger partial charge in [0, 0.05) is 17.3 Å². The summed E-state index contributed by atoms with van der Waals surface area (Å²) in [6.45, 7) is 6.87. The van der Waals surface area contributed by atoms with Crippen LogP contribution in [0.15, 0.2) is 0 Å². The van der Waals surface area contributed by atoms with Crippen molar-refractivity contribution in [1.29, 1.82) is 0 Å². The third-order valence-electron chi connectivity index (χ3n) is 3.05. The van der Waals surface area contributed by atoms with Crippen LogP contribution in [0.25, 0.3) is 0 Å². The van der Waals surface area contributed by atoms with Crippen molar-refractivity contribution >= 4 is 11.8 Å². The Balaban J connectivity index is 2.27. The van der Waals surface area contributed by atoms with Crippen LogP contribution < -0.4 is 5.32 Å². The molecule has 0 aromatic carbocycles. The molecule has 84 valence electrons. The SMILES string of the molecule is CCCC(C)NC1CCCC1SCC. The van der Waals surface area contributed by atoms with E-state index in [2.05, 4.69) is 37.8 Å². The minimum atomic E-state index is 0.711. The van der Waals surface area contributed by atoms with Crippen LogP contribution in [0.3, 0.4) is 0 Å². The number of hydrogen-bond acceptors (Lipinski definition) is 2. The van der Waals surface area contributed by atoms with Gasteiger partial charge in [0.05, 0.1) is 0 Å². The van der Waals surface area contributed by atoms with Gasteiger partial charge in [-0.3, -0.25) is 0 Å². The molecule has 1 saturated carbocycles. The van der Waals surface area contributed by atoms with E-state index < -0.39 is 0 Å². The first kappa shape index (κ1) is 12.4. The van der Waals surface area contributed by atoms with E-state index in [0.717, 1.165) is 11.3 Å². The lowest BCUT2D eigenvalue weighted by Gasteiger charge is -2.24. The zero-order chi connectivity index (χ0) is 10.4. The molecule has 1 N–H and O–H groups in total. The van der Waals surface area contributed by atoms with E-state index in [9.17, 15) is 0 Å². The Kier molecular flexibility index (Phi) is 5.95. The van der Waals surface area contributed by atoms with Gasteiger partial charge in [-0.15, -0.1) is 0 Å². The normalized spacial score (nSPS) is 29.4. The van der Waals surface area contributed by atoms with Crippen molar-refractivity contribution < 1.29 is 0 Å². The van der Waals surface area contributed by atoms with Crippen LogP contribution in [-0.2, 0) is 0 Å². The number of rotatable bonds is 6. The van der Waals surface area contributed by atoms with Crippen molar-refractivity contribution in [2.75, 3.05) is 5.75 Å². The first-order chi connectivity index (χ1) is 6.77. The van der Waals surface area contributed by atoms with E-state index in [4.69, 9.17) is 0 Å². The topological polar surface area (TPSA) is 12.0 Å². The van der Waals surface area contributed by atoms with Crippen molar-refractivity contribution in [2.45, 2.75) is 70.2 Å². The third-order valence-corrected chi connectivity index (χ3v) is 4.38. The van der Waals surface area contributed by atoms with Gasteiger partial charge in [0.2, 0.25) is 0 Å². The van der Waals surface area contributed by atoms with E-state index >= 15 is 0 Å². The predicted molar refractivity (Wildman–Crippen MR) is 67.1 cm³/mol. The lowest BCUT2D eigenvalue weighted by Crippen LogP contribution is -2.40. The van der Waals surface area contributed by atoms with Gasteiger partial charge in [0.1, 0.15) is 0 Å². The van der Waals surface area contributed by atoms with E-state index in [1.807, 2.05) is 0 Å². The van der Waals surface area contributed by atoms with Crippen LogP contribution in [0.4, 0.5) is 0 Å². The van der Waals surface area contributed by atoms with E-state index in [1.54, 1.807) is 0 Å². The highest BCUT2D eigenvalue weighted by Crippen LogP contribution is 2.30. The van der Waals surface area contributed by atoms with Crippen LogP contribution in [0.2, 0.25) is 0 Å². The third kappa shape index (κ3) is 3.82. The average Bonchev–Trinajstić information content (AvgIpc) is 2.54. The molecule has 1 rings (SSSR count). The van der Waals surface area contributed by atoms with Crippen LogP contribution in [0, 0.1) is 0 Å². The van der Waals surface area contributed by atoms with Gasteiger partial charge in [-0.05, 0) is 31.9 Å². The molecule has 0 amide bonds. The molecule has 0 aliphatic heterocycles. The van der Waals surface area contributed by atoms with Gasteiger partial charge in [-0.2, -0.15) is 11.8 Å². The minimum Gasteiger partial charge on any atom is -0.310 e. The fourth-order valence-electron chi connectivity index (χ4n) is 2.41. The van der Waals surface area contributed by atoms with E-state index in [1.165, 1.54) is 37.9 Å². The number of nitrogens with one attached hydrogen (secondary N) is 1. The quantitative estimate of drug-likeness (QED) is 0.728. The highest BCUT2D eigenvalue weighted by Gasteiger charge is 2.27. The van der Waals surface area contributed by atoms with E-state index in [0.29, 0.717) is 6.04 Å². The Hall–Kier alpha value is 0.310. The monoisotopic (exact) mass is 215 g/mol. The summed E-state index contributed by atoms with van der Waals surface area (Å²) in [4.78, 5) is 0. The second-order valence-electron chi connectivity index (χ2n) is 4.39. The zero-order valence-electron chi connectivity index (χ0n) is 9.88. The van der Waals surface area contributed by atoms with Crippen LogP contribution >= 0.6 is 11.8 Å². The van der Waals surface area contributed by atoms with Crippen molar-refractivity contribution in [3.05, 3.63) is 0 Å². The molecule has 3 unspecified atom stereocenters. The Bertz CT molecular complexity index is 149. The molecule has 0 aromatic rings. The summed E-state index contributed by atoms with van der Waals surface area (Å²) in [7, 11) is 0. The first-order valence-electron chi connectivity index (χ1n) is 6.15. The summed E-state index contributed by atoms with van der Waals surface area (Å²) in [5.74, 6) is 1.27. The fraction of sp³-hybridized carbons (Fsp3) is 1.00. The molecule has 2 heteroatoms. The maximum atomic E-state index is 3.79. The molecule has 1 aliphatic rings. The van der Waals surface area contributed by atoms with Crippen molar-refractivity contribution in [2.24, 2.45) is 0 Å². The maximum absolute atomic E-state index is 3.79. The second kappa shape index (κ2) is 6.73. The Morgan fingerprint density at radius 2 is 2.14 bits per heavy atom. The molecule has 0 spiro atoms. The molecule has 14 heavy (non-hydrogen) atoms. The molecule has 0 bridgehead atoms. The average molecular weight is 215 g/mol. The summed E-state index contributed by atoms with van der Waals surface area (Å²) in [6.07, 6.45) is 6.86. The van der Waals surface area contributed by atoms with Gasteiger partial charge in [0.15, 0.2) is 0 Å². The fourth-order valence-corrected chi connectivity index (χ4v) is 3.62. The van der Waals surface area contributed by atoms with Gasteiger partial charge < -0.3 is 5.32 Å². The zero-order valence-corrected chi connectivity index (χ0v) is 10.7.